The van der Waals surface area contributed by atoms with Gasteiger partial charge in [-0.05, 0) is 18.2 Å². The molecular formula is C10H7N3O3. The maximum Gasteiger partial charge on any atom is 0.394 e. The molecule has 0 fully saturated rings. The number of amides is 1. The van der Waals surface area contributed by atoms with Crippen molar-refractivity contribution in [1.29, 1.82) is 0 Å². The van der Waals surface area contributed by atoms with Gasteiger partial charge in [0.1, 0.15) is 6.33 Å². The number of hydrogen-bond acceptors (Lipinski definition) is 4. The first kappa shape index (κ1) is 10.0. The molecular weight excluding hydrogens is 210 g/mol. The van der Waals surface area contributed by atoms with Crippen molar-refractivity contribution in [3.8, 4) is 0 Å². The monoisotopic (exact) mass is 217 g/mol. The van der Waals surface area contributed by atoms with Crippen molar-refractivity contribution in [3.63, 3.8) is 0 Å². The summed E-state index contributed by atoms with van der Waals surface area (Å²) in [5.74, 6) is -2.60. The zero-order chi connectivity index (χ0) is 11.5. The number of hydrogen-bond donors (Lipinski definition) is 2. The van der Waals surface area contributed by atoms with Crippen LogP contribution in [0.15, 0.2) is 30.7 Å². The summed E-state index contributed by atoms with van der Waals surface area (Å²) in [5.41, 5.74) is 1.12. The number of benzene rings is 1. The van der Waals surface area contributed by atoms with E-state index >= 15 is 0 Å². The van der Waals surface area contributed by atoms with Crippen LogP contribution in [-0.4, -0.2) is 27.0 Å². The van der Waals surface area contributed by atoms with E-state index in [1.165, 1.54) is 6.33 Å². The number of nitrogens with one attached hydrogen (secondary N) is 1. The number of aromatic nitrogens is 2. The third-order valence-corrected chi connectivity index (χ3v) is 1.96. The Hall–Kier alpha value is -2.50. The van der Waals surface area contributed by atoms with E-state index in [-0.39, 0.29) is 0 Å². The SMILES string of the molecule is O=C(O)C(=O)Nc1ccc2ncncc2c1. The quantitative estimate of drug-likeness (QED) is 0.684. The second-order valence-electron chi connectivity index (χ2n) is 3.06. The van der Waals surface area contributed by atoms with Gasteiger partial charge in [0.05, 0.1) is 5.52 Å². The molecule has 2 N–H and O–H groups in total. The lowest BCUT2D eigenvalue weighted by atomic mass is 10.2. The number of nitrogens with zero attached hydrogens (tertiary/aromatic N) is 2. The van der Waals surface area contributed by atoms with Crippen LogP contribution < -0.4 is 5.32 Å². The average molecular weight is 217 g/mol. The lowest BCUT2D eigenvalue weighted by Crippen LogP contribution is -2.21. The van der Waals surface area contributed by atoms with Crippen LogP contribution >= 0.6 is 0 Å². The summed E-state index contributed by atoms with van der Waals surface area (Å²) in [6.45, 7) is 0. The lowest BCUT2D eigenvalue weighted by molar-refractivity contribution is -0.147. The molecule has 1 amide bonds. The third-order valence-electron chi connectivity index (χ3n) is 1.96. The fraction of sp³-hybridized carbons (Fsp3) is 0. The minimum absolute atomic E-state index is 0.398. The first-order chi connectivity index (χ1) is 7.66. The molecule has 2 rings (SSSR count). The summed E-state index contributed by atoms with van der Waals surface area (Å²) >= 11 is 0. The summed E-state index contributed by atoms with van der Waals surface area (Å²) in [6.07, 6.45) is 3.00. The Bertz CT molecular complexity index is 568. The van der Waals surface area contributed by atoms with E-state index in [0.717, 1.165) is 10.9 Å². The Morgan fingerprint density at radius 1 is 1.31 bits per heavy atom. The van der Waals surface area contributed by atoms with E-state index in [0.29, 0.717) is 5.69 Å². The smallest absolute Gasteiger partial charge is 0.394 e. The zero-order valence-corrected chi connectivity index (χ0v) is 8.04. The Labute approximate surface area is 89.9 Å². The molecule has 0 aliphatic heterocycles. The number of rotatable bonds is 1. The second-order valence-corrected chi connectivity index (χ2v) is 3.06. The van der Waals surface area contributed by atoms with E-state index in [9.17, 15) is 9.59 Å². The number of anilines is 1. The molecule has 1 aromatic carbocycles. The van der Waals surface area contributed by atoms with Crippen LogP contribution in [-0.2, 0) is 9.59 Å². The zero-order valence-electron chi connectivity index (χ0n) is 8.04. The lowest BCUT2D eigenvalue weighted by Gasteiger charge is -2.02. The van der Waals surface area contributed by atoms with E-state index in [1.54, 1.807) is 24.4 Å². The van der Waals surface area contributed by atoms with Gasteiger partial charge in [-0.1, -0.05) is 0 Å². The van der Waals surface area contributed by atoms with Crippen molar-refractivity contribution < 1.29 is 14.7 Å². The molecule has 16 heavy (non-hydrogen) atoms. The Morgan fingerprint density at radius 3 is 2.88 bits per heavy atom. The number of fused-ring (bicyclic) bond motifs is 1. The Balaban J connectivity index is 2.33. The molecule has 0 atom stereocenters. The Kier molecular flexibility index (Phi) is 2.47. The number of carbonyl (C=O) groups excluding carboxylic acids is 1. The number of carboxylic acid groups (broad SMARTS) is 1. The standard InChI is InChI=1S/C10H7N3O3/c14-9(10(15)16)13-7-1-2-8-6(3-7)4-11-5-12-8/h1-5H,(H,13,14)(H,15,16). The molecule has 1 aromatic heterocycles. The summed E-state index contributed by atoms with van der Waals surface area (Å²) in [4.78, 5) is 29.1. The minimum atomic E-state index is -1.52. The molecule has 6 nitrogen and oxygen atoms in total. The van der Waals surface area contributed by atoms with Gasteiger partial charge in [0.15, 0.2) is 0 Å². The van der Waals surface area contributed by atoms with Crippen LogP contribution in [0, 0.1) is 0 Å². The van der Waals surface area contributed by atoms with Crippen LogP contribution in [0.2, 0.25) is 0 Å². The van der Waals surface area contributed by atoms with Crippen molar-refractivity contribution in [3.05, 3.63) is 30.7 Å². The first-order valence-corrected chi connectivity index (χ1v) is 4.41. The van der Waals surface area contributed by atoms with Crippen LogP contribution in [0.25, 0.3) is 10.9 Å². The van der Waals surface area contributed by atoms with Gasteiger partial charge in [0.2, 0.25) is 0 Å². The van der Waals surface area contributed by atoms with E-state index in [4.69, 9.17) is 5.11 Å². The Morgan fingerprint density at radius 2 is 2.12 bits per heavy atom. The van der Waals surface area contributed by atoms with Crippen LogP contribution in [0.3, 0.4) is 0 Å². The van der Waals surface area contributed by atoms with Gasteiger partial charge in [-0.25, -0.2) is 14.8 Å². The maximum absolute atomic E-state index is 10.9. The molecule has 0 spiro atoms. The number of carbonyl (C=O) groups is 2. The van der Waals surface area contributed by atoms with Gasteiger partial charge in [-0.2, -0.15) is 0 Å². The van der Waals surface area contributed by atoms with Gasteiger partial charge in [-0.3, -0.25) is 4.79 Å². The van der Waals surface area contributed by atoms with Crippen LogP contribution in [0.1, 0.15) is 0 Å². The molecule has 80 valence electrons. The second kappa shape index (κ2) is 3.93. The molecule has 0 saturated carbocycles. The first-order valence-electron chi connectivity index (χ1n) is 4.41. The molecule has 1 heterocycles. The van der Waals surface area contributed by atoms with E-state index < -0.39 is 11.9 Å². The number of aliphatic carboxylic acids is 1. The summed E-state index contributed by atoms with van der Waals surface area (Å²) in [5, 5.41) is 11.4. The number of carboxylic acids is 1. The summed E-state index contributed by atoms with van der Waals surface area (Å²) in [6, 6.07) is 4.86. The summed E-state index contributed by atoms with van der Waals surface area (Å²) < 4.78 is 0. The van der Waals surface area contributed by atoms with E-state index in [1.807, 2.05) is 0 Å². The normalized spacial score (nSPS) is 10.0. The largest absolute Gasteiger partial charge is 0.474 e. The fourth-order valence-corrected chi connectivity index (χ4v) is 1.25. The van der Waals surface area contributed by atoms with Gasteiger partial charge in [0.25, 0.3) is 0 Å². The van der Waals surface area contributed by atoms with E-state index in [2.05, 4.69) is 15.3 Å². The highest BCUT2D eigenvalue weighted by Crippen LogP contribution is 2.15. The van der Waals surface area contributed by atoms with Gasteiger partial charge >= 0.3 is 11.9 Å². The van der Waals surface area contributed by atoms with Crippen LogP contribution in [0.4, 0.5) is 5.69 Å². The minimum Gasteiger partial charge on any atom is -0.474 e. The predicted octanol–water partition coefficient (Wildman–Crippen LogP) is 0.653. The molecule has 0 bridgehead atoms. The van der Waals surface area contributed by atoms with Gasteiger partial charge in [0, 0.05) is 17.3 Å². The molecule has 0 aliphatic rings. The van der Waals surface area contributed by atoms with Crippen molar-refractivity contribution in [2.45, 2.75) is 0 Å². The van der Waals surface area contributed by atoms with Crippen molar-refractivity contribution >= 4 is 28.5 Å². The predicted molar refractivity (Wildman–Crippen MR) is 55.8 cm³/mol. The summed E-state index contributed by atoms with van der Waals surface area (Å²) in [7, 11) is 0. The van der Waals surface area contributed by atoms with Crippen molar-refractivity contribution in [2.24, 2.45) is 0 Å². The van der Waals surface area contributed by atoms with Crippen molar-refractivity contribution in [2.75, 3.05) is 5.32 Å². The molecule has 2 aromatic rings. The fourth-order valence-electron chi connectivity index (χ4n) is 1.25. The van der Waals surface area contributed by atoms with Gasteiger partial charge in [-0.15, -0.1) is 0 Å². The highest BCUT2D eigenvalue weighted by molar-refractivity contribution is 6.36. The average Bonchev–Trinajstić information content (AvgIpc) is 2.28. The highest BCUT2D eigenvalue weighted by Gasteiger charge is 2.10. The van der Waals surface area contributed by atoms with Crippen LogP contribution in [0.5, 0.6) is 0 Å². The van der Waals surface area contributed by atoms with Crippen molar-refractivity contribution in [1.82, 2.24) is 9.97 Å². The molecule has 0 saturated heterocycles. The topological polar surface area (TPSA) is 92.2 Å². The molecule has 0 radical (unpaired) electrons. The molecule has 0 aliphatic carbocycles. The molecule has 0 unspecified atom stereocenters. The highest BCUT2D eigenvalue weighted by atomic mass is 16.4. The maximum atomic E-state index is 10.9. The van der Waals surface area contributed by atoms with Gasteiger partial charge < -0.3 is 10.4 Å². The third kappa shape index (κ3) is 1.95. The molecule has 6 heteroatoms.